The molecule has 5 rings (SSSR count). The van der Waals surface area contributed by atoms with Crippen LogP contribution in [0.15, 0.2) is 115 Å². The zero-order valence-electron chi connectivity index (χ0n) is 21.5. The molecular weight excluding hydrogens is 649 g/mol. The molecule has 5 aromatic rings. The average molecular weight is 680 g/mol. The number of rotatable bonds is 6. The Morgan fingerprint density at radius 3 is 1.68 bits per heavy atom. The maximum Gasteiger partial charge on any atom is 0.0873 e. The number of aliphatic hydroxyl groups excluding tert-OH is 2. The summed E-state index contributed by atoms with van der Waals surface area (Å²) in [5.74, 6) is 0. The van der Waals surface area contributed by atoms with Gasteiger partial charge < -0.3 is 15.2 Å². The Bertz CT molecular complexity index is 1370. The van der Waals surface area contributed by atoms with Crippen molar-refractivity contribution in [3.05, 3.63) is 121 Å². The van der Waals surface area contributed by atoms with E-state index in [9.17, 15) is 0 Å². The second-order valence-corrected chi connectivity index (χ2v) is 8.97. The molecule has 38 heavy (non-hydrogen) atoms. The molecule has 4 nitrogen and oxygen atoms in total. The summed E-state index contributed by atoms with van der Waals surface area (Å²) in [5, 5.41) is 17.1. The van der Waals surface area contributed by atoms with Crippen LogP contribution in [0.4, 0.5) is 0 Å². The van der Waals surface area contributed by atoms with Crippen molar-refractivity contribution in [2.24, 2.45) is 0 Å². The van der Waals surface area contributed by atoms with Crippen LogP contribution in [-0.4, -0.2) is 32.4 Å². The summed E-state index contributed by atoms with van der Waals surface area (Å²) in [6.45, 7) is 3.32. The molecule has 4 aromatic carbocycles. The molecule has 2 atom stereocenters. The molecule has 1 heterocycles. The Morgan fingerprint density at radius 2 is 1.16 bits per heavy atom. The van der Waals surface area contributed by atoms with Crippen molar-refractivity contribution in [2.45, 2.75) is 32.5 Å². The summed E-state index contributed by atoms with van der Waals surface area (Å²) in [6, 6.07) is 40.2. The monoisotopic (exact) mass is 680 g/mol. The molecule has 195 valence electrons. The Hall–Kier alpha value is -3.47. The third-order valence-electron chi connectivity index (χ3n) is 5.75. The van der Waals surface area contributed by atoms with Crippen LogP contribution in [0.25, 0.3) is 44.9 Å². The third kappa shape index (κ3) is 8.01. The van der Waals surface area contributed by atoms with Gasteiger partial charge in [0.2, 0.25) is 0 Å². The van der Waals surface area contributed by atoms with Gasteiger partial charge in [-0.25, -0.2) is 0 Å². The summed E-state index contributed by atoms with van der Waals surface area (Å²) in [5.41, 5.74) is 7.97. The van der Waals surface area contributed by atoms with E-state index in [-0.39, 0.29) is 32.3 Å². The Balaban J connectivity index is 0.000000444. The number of aliphatic hydroxyl groups is 2. The summed E-state index contributed by atoms with van der Waals surface area (Å²) >= 11 is 0. The van der Waals surface area contributed by atoms with Crippen LogP contribution in [0.3, 0.4) is 0 Å². The van der Waals surface area contributed by atoms with Gasteiger partial charge in [-0.3, -0.25) is 4.98 Å². The van der Waals surface area contributed by atoms with Crippen molar-refractivity contribution >= 4 is 0 Å². The van der Waals surface area contributed by atoms with Gasteiger partial charge in [0.25, 0.3) is 0 Å². The first kappa shape index (κ1) is 29.1. The number of hydrogen-bond donors (Lipinski definition) is 2. The van der Waals surface area contributed by atoms with Gasteiger partial charge in [-0.1, -0.05) is 84.9 Å². The van der Waals surface area contributed by atoms with Crippen molar-refractivity contribution in [2.75, 3.05) is 0 Å². The van der Waals surface area contributed by atoms with Gasteiger partial charge in [-0.2, -0.15) is 0 Å². The van der Waals surface area contributed by atoms with E-state index in [0.29, 0.717) is 6.42 Å². The van der Waals surface area contributed by atoms with E-state index >= 15 is 0 Å². The molecule has 0 fully saturated rings. The van der Waals surface area contributed by atoms with Gasteiger partial charge in [0, 0.05) is 37.6 Å². The van der Waals surface area contributed by atoms with Crippen LogP contribution >= 0.6 is 0 Å². The Kier molecular flexibility index (Phi) is 11.1. The molecule has 5 heteroatoms. The van der Waals surface area contributed by atoms with Gasteiger partial charge in [-0.15, -0.1) is 35.9 Å². The molecular formula is C33H31IrN2O2-. The molecule has 0 aliphatic rings. The molecule has 0 aliphatic heterocycles. The first-order valence-electron chi connectivity index (χ1n) is 12.4. The van der Waals surface area contributed by atoms with Crippen molar-refractivity contribution in [1.29, 1.82) is 0 Å². The first-order chi connectivity index (χ1) is 18.0. The van der Waals surface area contributed by atoms with E-state index in [1.54, 1.807) is 13.8 Å². The number of nitrogens with zero attached hydrogens (tertiary/aromatic N) is 2. The van der Waals surface area contributed by atoms with Gasteiger partial charge in [-0.05, 0) is 37.0 Å². The number of benzene rings is 4. The maximum absolute atomic E-state index is 8.56. The van der Waals surface area contributed by atoms with E-state index in [1.165, 1.54) is 11.1 Å². The van der Waals surface area contributed by atoms with Crippen LogP contribution in [0.2, 0.25) is 0 Å². The average Bonchev–Trinajstić information content (AvgIpc) is 2.94. The minimum atomic E-state index is -0.375. The minimum Gasteiger partial charge on any atom is -0.393 e. The Morgan fingerprint density at radius 1 is 0.632 bits per heavy atom. The van der Waals surface area contributed by atoms with E-state index in [2.05, 4.69) is 66.7 Å². The zero-order valence-corrected chi connectivity index (χ0v) is 23.8. The van der Waals surface area contributed by atoms with E-state index in [4.69, 9.17) is 20.2 Å². The predicted octanol–water partition coefficient (Wildman–Crippen LogP) is 7.08. The third-order valence-corrected chi connectivity index (χ3v) is 5.75. The summed E-state index contributed by atoms with van der Waals surface area (Å²) in [6.07, 6.45) is 1.57. The SMILES string of the molecule is CC(O)CC(C)O.[Ir].[c-]1ccccc1-c1ncc(-c2ccc(-c3ccccc3)cc2)nc1-c1ccccc1. The first-order valence-corrected chi connectivity index (χ1v) is 12.4. The maximum atomic E-state index is 8.56. The van der Waals surface area contributed by atoms with Crippen LogP contribution in [-0.2, 0) is 20.1 Å². The largest absolute Gasteiger partial charge is 0.393 e. The summed E-state index contributed by atoms with van der Waals surface area (Å²) in [7, 11) is 0. The topological polar surface area (TPSA) is 66.2 Å². The van der Waals surface area contributed by atoms with Gasteiger partial charge >= 0.3 is 0 Å². The summed E-state index contributed by atoms with van der Waals surface area (Å²) < 4.78 is 0. The second kappa shape index (κ2) is 14.5. The Labute approximate surface area is 238 Å². The van der Waals surface area contributed by atoms with E-state index in [1.807, 2.05) is 54.7 Å². The molecule has 0 aliphatic carbocycles. The van der Waals surface area contributed by atoms with Crippen LogP contribution in [0.5, 0.6) is 0 Å². The second-order valence-electron chi connectivity index (χ2n) is 8.97. The molecule has 0 saturated carbocycles. The molecule has 0 saturated heterocycles. The number of aromatic nitrogens is 2. The van der Waals surface area contributed by atoms with Crippen LogP contribution in [0.1, 0.15) is 20.3 Å². The fourth-order valence-corrected chi connectivity index (χ4v) is 4.02. The van der Waals surface area contributed by atoms with E-state index in [0.717, 1.165) is 33.8 Å². The number of hydrogen-bond acceptors (Lipinski definition) is 4. The van der Waals surface area contributed by atoms with Crippen molar-refractivity contribution in [1.82, 2.24) is 9.97 Å². The van der Waals surface area contributed by atoms with E-state index < -0.39 is 0 Å². The van der Waals surface area contributed by atoms with Gasteiger partial charge in [0.15, 0.2) is 0 Å². The standard InChI is InChI=1S/C28H19N2.C5H12O2.Ir/c1-4-10-21(11-5-1)22-16-18-23(19-17-22)26-20-29-27(24-12-6-2-7-13-24)28(30-26)25-14-8-3-9-15-25;1-4(6)3-5(2)7;/h1-12,14-20H;4-7H,3H2,1-2H3;/q-1;;. The van der Waals surface area contributed by atoms with Crippen molar-refractivity contribution in [3.8, 4) is 44.9 Å². The molecule has 1 radical (unpaired) electrons. The molecule has 0 amide bonds. The van der Waals surface area contributed by atoms with Gasteiger partial charge in [0.1, 0.15) is 0 Å². The van der Waals surface area contributed by atoms with Crippen molar-refractivity contribution in [3.63, 3.8) is 0 Å². The molecule has 0 spiro atoms. The van der Waals surface area contributed by atoms with Crippen LogP contribution in [0, 0.1) is 6.07 Å². The normalized spacial score (nSPS) is 11.9. The molecule has 2 unspecified atom stereocenters. The van der Waals surface area contributed by atoms with Crippen LogP contribution < -0.4 is 0 Å². The predicted molar refractivity (Wildman–Crippen MR) is 151 cm³/mol. The summed E-state index contributed by atoms with van der Waals surface area (Å²) in [4.78, 5) is 9.80. The fourth-order valence-electron chi connectivity index (χ4n) is 4.02. The minimum absolute atomic E-state index is 0. The quantitative estimate of drug-likeness (QED) is 0.188. The molecule has 2 N–H and O–H groups in total. The molecule has 1 aromatic heterocycles. The van der Waals surface area contributed by atoms with Crippen molar-refractivity contribution < 1.29 is 30.3 Å². The smallest absolute Gasteiger partial charge is 0.0873 e. The molecule has 0 bridgehead atoms. The van der Waals surface area contributed by atoms with Gasteiger partial charge in [0.05, 0.1) is 23.6 Å². The zero-order chi connectivity index (χ0) is 26.0. The fraction of sp³-hybridized carbons (Fsp3) is 0.152.